The monoisotopic (exact) mass is 460 g/mol. The second-order valence-electron chi connectivity index (χ2n) is 7.03. The summed E-state index contributed by atoms with van der Waals surface area (Å²) in [6.07, 6.45) is 0.262. The molecule has 4 unspecified atom stereocenters. The van der Waals surface area contributed by atoms with Crippen LogP contribution in [0.1, 0.15) is 32.1 Å². The molecule has 1 saturated heterocycles. The highest BCUT2D eigenvalue weighted by atomic mass is 32.1. The van der Waals surface area contributed by atoms with Gasteiger partial charge in [0.1, 0.15) is 18.1 Å². The molecule has 0 aliphatic carbocycles. The number of primary amides is 2. The van der Waals surface area contributed by atoms with Crippen LogP contribution in [-0.2, 0) is 28.8 Å². The molecular weight excluding hydrogens is 432 g/mol. The molecule has 9 N–H and O–H groups in total. The first kappa shape index (κ1) is 26.2. The molecule has 174 valence electrons. The van der Waals surface area contributed by atoms with Crippen molar-refractivity contribution in [3.05, 3.63) is 0 Å². The van der Waals surface area contributed by atoms with Crippen molar-refractivity contribution in [1.82, 2.24) is 21.3 Å². The molecule has 0 bridgehead atoms. The van der Waals surface area contributed by atoms with Crippen molar-refractivity contribution >= 4 is 48.1 Å². The van der Waals surface area contributed by atoms with E-state index < -0.39 is 66.1 Å². The number of nitrogens with one attached hydrogen (secondary N) is 4. The van der Waals surface area contributed by atoms with Gasteiger partial charge in [-0.1, -0.05) is 0 Å². The lowest BCUT2D eigenvalue weighted by Gasteiger charge is -2.24. The van der Waals surface area contributed by atoms with E-state index >= 15 is 0 Å². The first-order valence-corrected chi connectivity index (χ1v) is 10.2. The van der Waals surface area contributed by atoms with E-state index in [1.807, 2.05) is 0 Å². The topological polar surface area (TPSA) is 223 Å². The molecule has 1 aliphatic heterocycles. The van der Waals surface area contributed by atoms with Crippen LogP contribution in [0, 0.1) is 0 Å². The fraction of sp³-hybridized carbons (Fsp3) is 0.647. The quantitative estimate of drug-likeness (QED) is 0.128. The molecule has 0 aromatic rings. The van der Waals surface area contributed by atoms with E-state index in [1.54, 1.807) is 0 Å². The van der Waals surface area contributed by atoms with E-state index in [4.69, 9.17) is 16.6 Å². The zero-order valence-corrected chi connectivity index (χ0v) is 17.7. The summed E-state index contributed by atoms with van der Waals surface area (Å²) in [4.78, 5) is 70.7. The first-order valence-electron chi connectivity index (χ1n) is 9.59. The van der Waals surface area contributed by atoms with Crippen LogP contribution in [0.5, 0.6) is 0 Å². The Morgan fingerprint density at radius 1 is 0.968 bits per heavy atom. The zero-order chi connectivity index (χ0) is 23.6. The third-order valence-corrected chi connectivity index (χ3v) is 4.89. The van der Waals surface area contributed by atoms with Crippen molar-refractivity contribution in [2.24, 2.45) is 11.5 Å². The van der Waals surface area contributed by atoms with Crippen LogP contribution >= 0.6 is 12.6 Å². The third kappa shape index (κ3) is 9.21. The second-order valence-corrected chi connectivity index (χ2v) is 7.39. The number of amides is 5. The van der Waals surface area contributed by atoms with Gasteiger partial charge < -0.3 is 37.8 Å². The van der Waals surface area contributed by atoms with E-state index in [2.05, 4.69) is 33.9 Å². The molecule has 1 fully saturated rings. The summed E-state index contributed by atoms with van der Waals surface area (Å²) in [7, 11) is 0. The lowest BCUT2D eigenvalue weighted by molar-refractivity contribution is -0.144. The maximum Gasteiger partial charge on any atom is 0.326 e. The van der Waals surface area contributed by atoms with Crippen molar-refractivity contribution in [3.8, 4) is 0 Å². The summed E-state index contributed by atoms with van der Waals surface area (Å²) in [6, 6.07) is -4.48. The summed E-state index contributed by atoms with van der Waals surface area (Å²) in [5.41, 5.74) is 10.1. The standard InChI is InChI=1S/C17H28N6O7S/c18-12(24)4-3-9(15(27)22-10(17(29)30)6-13(19)25)21-16(28)11(7-31)23-14(26)8-2-1-5-20-8/h8-11,20,31H,1-7H2,(H2,18,24)(H2,19,25)(H,21,28)(H,22,27)(H,23,26)(H,29,30). The average molecular weight is 461 g/mol. The number of thiol groups is 1. The first-order chi connectivity index (χ1) is 14.5. The lowest BCUT2D eigenvalue weighted by atomic mass is 10.1. The van der Waals surface area contributed by atoms with Gasteiger partial charge in [-0.3, -0.25) is 24.0 Å². The Hall–Kier alpha value is -2.87. The number of carbonyl (C=O) groups is 6. The molecule has 1 heterocycles. The Morgan fingerprint density at radius 3 is 2.06 bits per heavy atom. The summed E-state index contributed by atoms with van der Waals surface area (Å²) >= 11 is 4.05. The largest absolute Gasteiger partial charge is 0.480 e. The molecule has 0 saturated carbocycles. The minimum atomic E-state index is -1.62. The van der Waals surface area contributed by atoms with E-state index in [1.165, 1.54) is 0 Å². The predicted molar refractivity (Wildman–Crippen MR) is 111 cm³/mol. The van der Waals surface area contributed by atoms with Gasteiger partial charge in [-0.25, -0.2) is 4.79 Å². The maximum absolute atomic E-state index is 12.6. The molecule has 0 radical (unpaired) electrons. The number of aliphatic carboxylic acids is 1. The Bertz CT molecular complexity index is 713. The number of carboxylic acids is 1. The van der Waals surface area contributed by atoms with Gasteiger partial charge in [-0.2, -0.15) is 12.6 Å². The van der Waals surface area contributed by atoms with Gasteiger partial charge in [0.25, 0.3) is 0 Å². The van der Waals surface area contributed by atoms with Gasteiger partial charge in [0.05, 0.1) is 12.5 Å². The molecule has 13 nitrogen and oxygen atoms in total. The highest BCUT2D eigenvalue weighted by molar-refractivity contribution is 7.80. The van der Waals surface area contributed by atoms with Crippen molar-refractivity contribution in [1.29, 1.82) is 0 Å². The molecule has 1 aliphatic rings. The summed E-state index contributed by atoms with van der Waals surface area (Å²) in [6.45, 7) is 0.682. The van der Waals surface area contributed by atoms with Crippen molar-refractivity contribution in [2.45, 2.75) is 56.3 Å². The maximum atomic E-state index is 12.6. The number of nitrogens with two attached hydrogens (primary N) is 2. The smallest absolute Gasteiger partial charge is 0.326 e. The number of carbonyl (C=O) groups excluding carboxylic acids is 5. The highest BCUT2D eigenvalue weighted by Crippen LogP contribution is 2.06. The van der Waals surface area contributed by atoms with E-state index in [0.717, 1.165) is 6.42 Å². The molecular formula is C17H28N6O7S. The Balaban J connectivity index is 2.84. The van der Waals surface area contributed by atoms with E-state index in [9.17, 15) is 28.8 Å². The fourth-order valence-corrected chi connectivity index (χ4v) is 3.13. The van der Waals surface area contributed by atoms with Gasteiger partial charge in [0.15, 0.2) is 0 Å². The van der Waals surface area contributed by atoms with Crippen LogP contribution in [0.3, 0.4) is 0 Å². The van der Waals surface area contributed by atoms with Crippen molar-refractivity contribution < 1.29 is 33.9 Å². The Kier molecular flexibility index (Phi) is 10.8. The zero-order valence-electron chi connectivity index (χ0n) is 16.8. The van der Waals surface area contributed by atoms with Crippen molar-refractivity contribution in [3.63, 3.8) is 0 Å². The Morgan fingerprint density at radius 2 is 1.58 bits per heavy atom. The number of hydrogen-bond acceptors (Lipinski definition) is 8. The van der Waals surface area contributed by atoms with Gasteiger partial charge in [0, 0.05) is 12.2 Å². The van der Waals surface area contributed by atoms with Crippen LogP contribution < -0.4 is 32.7 Å². The van der Waals surface area contributed by atoms with Crippen LogP contribution in [0.15, 0.2) is 0 Å². The number of carboxylic acid groups (broad SMARTS) is 1. The SMILES string of the molecule is NC(=O)CCC(NC(=O)C(CS)NC(=O)C1CCCN1)C(=O)NC(CC(N)=O)C(=O)O. The highest BCUT2D eigenvalue weighted by Gasteiger charge is 2.31. The molecule has 5 amide bonds. The minimum Gasteiger partial charge on any atom is -0.480 e. The minimum absolute atomic E-state index is 0.0755. The van der Waals surface area contributed by atoms with Gasteiger partial charge >= 0.3 is 5.97 Å². The van der Waals surface area contributed by atoms with Crippen molar-refractivity contribution in [2.75, 3.05) is 12.3 Å². The fourth-order valence-electron chi connectivity index (χ4n) is 2.88. The van der Waals surface area contributed by atoms with E-state index in [0.29, 0.717) is 13.0 Å². The molecule has 31 heavy (non-hydrogen) atoms. The van der Waals surface area contributed by atoms with Crippen LogP contribution in [0.25, 0.3) is 0 Å². The predicted octanol–water partition coefficient (Wildman–Crippen LogP) is -3.65. The number of rotatable bonds is 13. The van der Waals surface area contributed by atoms with E-state index in [-0.39, 0.29) is 18.6 Å². The van der Waals surface area contributed by atoms with Gasteiger partial charge in [-0.15, -0.1) is 0 Å². The third-order valence-electron chi connectivity index (χ3n) is 4.52. The molecule has 14 heteroatoms. The molecule has 0 spiro atoms. The summed E-state index contributed by atoms with van der Waals surface area (Å²) < 4.78 is 0. The molecule has 1 rings (SSSR count). The second kappa shape index (κ2) is 12.7. The lowest BCUT2D eigenvalue weighted by Crippen LogP contribution is -2.57. The summed E-state index contributed by atoms with van der Waals surface area (Å²) in [5.74, 6) is -5.38. The van der Waals surface area contributed by atoms with Crippen LogP contribution in [-0.4, -0.2) is 77.1 Å². The Labute approximate surface area is 183 Å². The van der Waals surface area contributed by atoms with Gasteiger partial charge in [-0.05, 0) is 25.8 Å². The van der Waals surface area contributed by atoms with Crippen LogP contribution in [0.4, 0.5) is 0 Å². The number of hydrogen-bond donors (Lipinski definition) is 8. The molecule has 4 atom stereocenters. The average Bonchev–Trinajstić information content (AvgIpc) is 3.22. The molecule has 0 aromatic carbocycles. The van der Waals surface area contributed by atoms with Crippen LogP contribution in [0.2, 0.25) is 0 Å². The normalized spacial score (nSPS) is 18.3. The summed E-state index contributed by atoms with van der Waals surface area (Å²) in [5, 5.41) is 19.1. The molecule has 0 aromatic heterocycles. The van der Waals surface area contributed by atoms with Gasteiger partial charge in [0.2, 0.25) is 29.5 Å².